The topological polar surface area (TPSA) is 29.3 Å². The molecule has 0 aliphatic heterocycles. The first kappa shape index (κ1) is 13.1. The van der Waals surface area contributed by atoms with Crippen molar-refractivity contribution in [3.05, 3.63) is 23.8 Å². The van der Waals surface area contributed by atoms with Crippen LogP contribution in [0.3, 0.4) is 0 Å². The van der Waals surface area contributed by atoms with Gasteiger partial charge in [-0.05, 0) is 43.7 Å². The van der Waals surface area contributed by atoms with Crippen molar-refractivity contribution in [2.45, 2.75) is 38.6 Å². The second kappa shape index (κ2) is 5.12. The first-order valence-corrected chi connectivity index (χ1v) is 6.46. The summed E-state index contributed by atoms with van der Waals surface area (Å²) in [4.78, 5) is 1.73. The maximum absolute atomic E-state index is 13.8. The Kier molecular flexibility index (Phi) is 3.73. The fourth-order valence-electron chi connectivity index (χ4n) is 2.73. The maximum Gasteiger partial charge on any atom is 0.151 e. The highest BCUT2D eigenvalue weighted by Crippen LogP contribution is 2.32. The van der Waals surface area contributed by atoms with Crippen molar-refractivity contribution in [1.29, 1.82) is 0 Å². The van der Waals surface area contributed by atoms with Gasteiger partial charge in [0.15, 0.2) is 11.6 Å². The van der Waals surface area contributed by atoms with E-state index in [1.165, 1.54) is 12.1 Å². The number of nitrogens with two attached hydrogens (primary N) is 1. The molecule has 1 aromatic carbocycles. The average Bonchev–Trinajstić information content (AvgIpc) is 2.28. The van der Waals surface area contributed by atoms with Crippen molar-refractivity contribution in [2.75, 3.05) is 17.7 Å². The molecule has 2 nitrogen and oxygen atoms in total. The van der Waals surface area contributed by atoms with Crippen LogP contribution in [0.15, 0.2) is 12.1 Å². The van der Waals surface area contributed by atoms with Gasteiger partial charge in [0.2, 0.25) is 0 Å². The Hall–Kier alpha value is -1.32. The molecular weight excluding hydrogens is 234 g/mol. The van der Waals surface area contributed by atoms with Gasteiger partial charge in [0, 0.05) is 18.8 Å². The number of nitrogen functional groups attached to an aromatic ring is 1. The van der Waals surface area contributed by atoms with Crippen LogP contribution in [0.2, 0.25) is 0 Å². The largest absolute Gasteiger partial charge is 0.399 e. The molecule has 18 heavy (non-hydrogen) atoms. The summed E-state index contributed by atoms with van der Waals surface area (Å²) in [6, 6.07) is 2.58. The molecule has 0 radical (unpaired) electrons. The summed E-state index contributed by atoms with van der Waals surface area (Å²) in [6.45, 7) is 2.22. The molecule has 0 bridgehead atoms. The minimum Gasteiger partial charge on any atom is -0.399 e. The molecule has 1 aliphatic carbocycles. The van der Waals surface area contributed by atoms with Gasteiger partial charge in [-0.2, -0.15) is 0 Å². The number of hydrogen-bond donors (Lipinski definition) is 1. The van der Waals surface area contributed by atoms with Crippen LogP contribution in [0.5, 0.6) is 0 Å². The third kappa shape index (κ3) is 2.57. The molecule has 0 heterocycles. The highest BCUT2D eigenvalue weighted by molar-refractivity contribution is 5.56. The average molecular weight is 254 g/mol. The van der Waals surface area contributed by atoms with Gasteiger partial charge in [-0.25, -0.2) is 8.78 Å². The normalized spacial score (nSPS) is 24.0. The van der Waals surface area contributed by atoms with E-state index < -0.39 is 11.6 Å². The Morgan fingerprint density at radius 2 is 1.61 bits per heavy atom. The SMILES string of the molecule is CC1CCC(N(C)c2c(F)cc(N)cc2F)CC1. The monoisotopic (exact) mass is 254 g/mol. The summed E-state index contributed by atoms with van der Waals surface area (Å²) in [5.41, 5.74) is 5.60. The summed E-state index contributed by atoms with van der Waals surface area (Å²) in [5, 5.41) is 0. The number of anilines is 2. The predicted octanol–water partition coefficient (Wildman–Crippen LogP) is 3.56. The van der Waals surface area contributed by atoms with Crippen LogP contribution in [0.25, 0.3) is 0 Å². The van der Waals surface area contributed by atoms with E-state index in [1.807, 2.05) is 0 Å². The zero-order valence-electron chi connectivity index (χ0n) is 10.9. The third-order valence-corrected chi connectivity index (χ3v) is 3.93. The fraction of sp³-hybridized carbons (Fsp3) is 0.571. The van der Waals surface area contributed by atoms with Gasteiger partial charge in [-0.15, -0.1) is 0 Å². The van der Waals surface area contributed by atoms with E-state index in [0.29, 0.717) is 0 Å². The number of nitrogens with zero attached hydrogens (tertiary/aromatic N) is 1. The Morgan fingerprint density at radius 1 is 1.11 bits per heavy atom. The zero-order valence-corrected chi connectivity index (χ0v) is 10.9. The molecule has 2 N–H and O–H groups in total. The molecule has 1 fully saturated rings. The highest BCUT2D eigenvalue weighted by atomic mass is 19.1. The number of halogens is 2. The van der Waals surface area contributed by atoms with Crippen molar-refractivity contribution in [2.24, 2.45) is 5.92 Å². The predicted molar refractivity (Wildman–Crippen MR) is 70.6 cm³/mol. The van der Waals surface area contributed by atoms with Gasteiger partial charge in [0.25, 0.3) is 0 Å². The number of hydrogen-bond acceptors (Lipinski definition) is 2. The van der Waals surface area contributed by atoms with Crippen molar-refractivity contribution in [3.63, 3.8) is 0 Å². The van der Waals surface area contributed by atoms with E-state index in [4.69, 9.17) is 5.73 Å². The second-order valence-electron chi connectivity index (χ2n) is 5.36. The lowest BCUT2D eigenvalue weighted by atomic mass is 9.86. The van der Waals surface area contributed by atoms with Gasteiger partial charge < -0.3 is 10.6 Å². The summed E-state index contributed by atoms with van der Waals surface area (Å²) < 4.78 is 27.7. The molecule has 1 aromatic rings. The Morgan fingerprint density at radius 3 is 2.11 bits per heavy atom. The van der Waals surface area contributed by atoms with E-state index in [1.54, 1.807) is 11.9 Å². The van der Waals surface area contributed by atoms with Crippen LogP contribution in [0, 0.1) is 17.6 Å². The highest BCUT2D eigenvalue weighted by Gasteiger charge is 2.25. The van der Waals surface area contributed by atoms with Crippen molar-refractivity contribution in [3.8, 4) is 0 Å². The minimum atomic E-state index is -0.575. The van der Waals surface area contributed by atoms with Crippen LogP contribution in [-0.4, -0.2) is 13.1 Å². The van der Waals surface area contributed by atoms with Crippen molar-refractivity contribution >= 4 is 11.4 Å². The second-order valence-corrected chi connectivity index (χ2v) is 5.36. The molecule has 0 atom stereocenters. The molecule has 2 rings (SSSR count). The molecule has 0 aromatic heterocycles. The third-order valence-electron chi connectivity index (χ3n) is 3.93. The summed E-state index contributed by atoms with van der Waals surface area (Å²) in [6.07, 6.45) is 4.21. The van der Waals surface area contributed by atoms with Gasteiger partial charge >= 0.3 is 0 Å². The Balaban J connectivity index is 2.21. The van der Waals surface area contributed by atoms with Crippen LogP contribution in [-0.2, 0) is 0 Å². The van der Waals surface area contributed by atoms with Gasteiger partial charge in [-0.1, -0.05) is 6.92 Å². The molecular formula is C14H20F2N2. The number of rotatable bonds is 2. The molecule has 100 valence electrons. The lowest BCUT2D eigenvalue weighted by Gasteiger charge is -2.35. The van der Waals surface area contributed by atoms with Crippen molar-refractivity contribution < 1.29 is 8.78 Å². The first-order chi connectivity index (χ1) is 8.49. The van der Waals surface area contributed by atoms with E-state index in [2.05, 4.69) is 6.92 Å². The van der Waals surface area contributed by atoms with E-state index >= 15 is 0 Å². The molecule has 0 unspecified atom stereocenters. The van der Waals surface area contributed by atoms with E-state index in [-0.39, 0.29) is 17.4 Å². The molecule has 0 amide bonds. The van der Waals surface area contributed by atoms with E-state index in [0.717, 1.165) is 31.6 Å². The molecule has 4 heteroatoms. The van der Waals surface area contributed by atoms with Gasteiger partial charge in [0.05, 0.1) is 0 Å². The van der Waals surface area contributed by atoms with Crippen LogP contribution >= 0.6 is 0 Å². The molecule has 1 aliphatic rings. The lowest BCUT2D eigenvalue weighted by molar-refractivity contribution is 0.338. The van der Waals surface area contributed by atoms with Crippen molar-refractivity contribution in [1.82, 2.24) is 0 Å². The zero-order chi connectivity index (χ0) is 13.3. The van der Waals surface area contributed by atoms with E-state index in [9.17, 15) is 8.78 Å². The van der Waals surface area contributed by atoms with Gasteiger partial charge in [0.1, 0.15) is 5.69 Å². The van der Waals surface area contributed by atoms with Crippen LogP contribution < -0.4 is 10.6 Å². The summed E-state index contributed by atoms with van der Waals surface area (Å²) in [5.74, 6) is -0.432. The fourth-order valence-corrected chi connectivity index (χ4v) is 2.73. The molecule has 0 spiro atoms. The standard InChI is InChI=1S/C14H20F2N2/c1-9-3-5-11(6-4-9)18(2)14-12(15)7-10(17)8-13(14)16/h7-9,11H,3-6,17H2,1-2H3. The smallest absolute Gasteiger partial charge is 0.151 e. The molecule has 0 saturated heterocycles. The van der Waals surface area contributed by atoms with Crippen LogP contribution in [0.4, 0.5) is 20.2 Å². The first-order valence-electron chi connectivity index (χ1n) is 6.46. The quantitative estimate of drug-likeness (QED) is 0.818. The van der Waals surface area contributed by atoms with Crippen LogP contribution in [0.1, 0.15) is 32.6 Å². The maximum atomic E-state index is 13.8. The summed E-state index contributed by atoms with van der Waals surface area (Å²) >= 11 is 0. The molecule has 1 saturated carbocycles. The number of benzene rings is 1. The summed E-state index contributed by atoms with van der Waals surface area (Å²) in [7, 11) is 1.76. The minimum absolute atomic E-state index is 0.0451. The Bertz CT molecular complexity index is 403. The Labute approximate surface area is 107 Å². The lowest BCUT2D eigenvalue weighted by Crippen LogP contribution is -2.36. The van der Waals surface area contributed by atoms with Gasteiger partial charge in [-0.3, -0.25) is 0 Å².